The third-order valence-corrected chi connectivity index (χ3v) is 12.5. The predicted molar refractivity (Wildman–Crippen MR) is 264 cm³/mol. The van der Waals surface area contributed by atoms with Crippen LogP contribution in [0.25, 0.3) is 93.9 Å². The van der Waals surface area contributed by atoms with E-state index in [9.17, 15) is 0 Å². The van der Waals surface area contributed by atoms with Gasteiger partial charge in [0.25, 0.3) is 0 Å². The van der Waals surface area contributed by atoms with E-state index in [1.165, 1.54) is 55.3 Å². The van der Waals surface area contributed by atoms with Crippen molar-refractivity contribution in [3.8, 4) is 50.2 Å². The molecule has 0 saturated carbocycles. The average Bonchev–Trinajstić information content (AvgIpc) is 3.91. The number of benzene rings is 10. The fraction of sp³-hybridized carbons (Fsp3) is 0. The second kappa shape index (κ2) is 15.3. The maximum Gasteiger partial charge on any atom is 0.143 e. The summed E-state index contributed by atoms with van der Waals surface area (Å²) >= 11 is 0. The second-order valence-corrected chi connectivity index (χ2v) is 16.1. The Morgan fingerprint density at radius 3 is 1.32 bits per heavy atom. The molecule has 12 rings (SSSR count). The molecule has 10 aromatic carbocycles. The molecule has 0 N–H and O–H groups in total. The smallest absolute Gasteiger partial charge is 0.143 e. The fourth-order valence-electron chi connectivity index (χ4n) is 9.39. The highest BCUT2D eigenvalue weighted by molar-refractivity contribution is 6.10. The number of furan rings is 1. The highest BCUT2D eigenvalue weighted by Gasteiger charge is 2.18. The van der Waals surface area contributed by atoms with E-state index in [1.54, 1.807) is 0 Å². The number of anilines is 3. The van der Waals surface area contributed by atoms with Crippen molar-refractivity contribution in [1.29, 1.82) is 0 Å². The fourth-order valence-corrected chi connectivity index (χ4v) is 9.39. The minimum absolute atomic E-state index is 0.905. The summed E-state index contributed by atoms with van der Waals surface area (Å²) < 4.78 is 8.82. The zero-order valence-corrected chi connectivity index (χ0v) is 34.4. The molecule has 3 nitrogen and oxygen atoms in total. The van der Waals surface area contributed by atoms with Crippen LogP contribution in [-0.4, -0.2) is 4.57 Å². The molecule has 0 atom stereocenters. The van der Waals surface area contributed by atoms with Crippen molar-refractivity contribution in [1.82, 2.24) is 4.57 Å². The topological polar surface area (TPSA) is 21.3 Å². The summed E-state index contributed by atoms with van der Waals surface area (Å²) in [7, 11) is 0. The molecule has 0 fully saturated rings. The first-order valence-electron chi connectivity index (χ1n) is 21.5. The van der Waals surface area contributed by atoms with Crippen LogP contribution >= 0.6 is 0 Å². The number of aromatic nitrogens is 1. The first-order valence-corrected chi connectivity index (χ1v) is 21.5. The van der Waals surface area contributed by atoms with Crippen LogP contribution in [0, 0.1) is 0 Å². The van der Waals surface area contributed by atoms with E-state index in [0.717, 1.165) is 55.7 Å². The monoisotopic (exact) mass is 804 g/mol. The Balaban J connectivity index is 0.884. The molecule has 0 aliphatic carbocycles. The zero-order chi connectivity index (χ0) is 41.7. The summed E-state index contributed by atoms with van der Waals surface area (Å²) in [5.41, 5.74) is 17.9. The minimum Gasteiger partial charge on any atom is -0.455 e. The highest BCUT2D eigenvalue weighted by atomic mass is 16.3. The van der Waals surface area contributed by atoms with Crippen LogP contribution in [-0.2, 0) is 0 Å². The maximum absolute atomic E-state index is 6.42. The molecule has 3 heteroatoms. The molecular formula is C60H40N2O. The zero-order valence-electron chi connectivity index (χ0n) is 34.4. The van der Waals surface area contributed by atoms with Crippen molar-refractivity contribution in [3.63, 3.8) is 0 Å². The van der Waals surface area contributed by atoms with E-state index in [-0.39, 0.29) is 0 Å². The average molecular weight is 805 g/mol. The van der Waals surface area contributed by atoms with Gasteiger partial charge < -0.3 is 13.9 Å². The molecule has 0 bridgehead atoms. The van der Waals surface area contributed by atoms with Gasteiger partial charge >= 0.3 is 0 Å². The van der Waals surface area contributed by atoms with Crippen molar-refractivity contribution in [2.75, 3.05) is 4.90 Å². The number of rotatable bonds is 8. The summed E-state index contributed by atoms with van der Waals surface area (Å²) in [6, 6.07) is 87.0. The van der Waals surface area contributed by atoms with Crippen LogP contribution in [0.15, 0.2) is 247 Å². The van der Waals surface area contributed by atoms with Gasteiger partial charge in [0.1, 0.15) is 11.2 Å². The van der Waals surface area contributed by atoms with E-state index in [2.05, 4.69) is 240 Å². The highest BCUT2D eigenvalue weighted by Crippen LogP contribution is 2.41. The quantitative estimate of drug-likeness (QED) is 0.153. The summed E-state index contributed by atoms with van der Waals surface area (Å²) in [6.45, 7) is 0. The second-order valence-electron chi connectivity index (χ2n) is 16.1. The number of hydrogen-bond donors (Lipinski definition) is 0. The normalized spacial score (nSPS) is 11.5. The lowest BCUT2D eigenvalue weighted by atomic mass is 9.98. The Kier molecular flexibility index (Phi) is 8.83. The van der Waals surface area contributed by atoms with E-state index in [0.29, 0.717) is 0 Å². The van der Waals surface area contributed by atoms with Crippen molar-refractivity contribution in [3.05, 3.63) is 243 Å². The van der Waals surface area contributed by atoms with Gasteiger partial charge in [-0.3, -0.25) is 0 Å². The van der Waals surface area contributed by atoms with Crippen molar-refractivity contribution in [2.45, 2.75) is 0 Å². The van der Waals surface area contributed by atoms with E-state index >= 15 is 0 Å². The molecule has 63 heavy (non-hydrogen) atoms. The minimum atomic E-state index is 0.905. The van der Waals surface area contributed by atoms with Crippen LogP contribution in [0.4, 0.5) is 17.1 Å². The van der Waals surface area contributed by atoms with E-state index < -0.39 is 0 Å². The lowest BCUT2D eigenvalue weighted by Gasteiger charge is -2.26. The Hall–Kier alpha value is -8.40. The van der Waals surface area contributed by atoms with Gasteiger partial charge in [-0.15, -0.1) is 0 Å². The Labute approximate surface area is 366 Å². The molecule has 296 valence electrons. The lowest BCUT2D eigenvalue weighted by Crippen LogP contribution is -2.09. The van der Waals surface area contributed by atoms with Crippen LogP contribution in [0.3, 0.4) is 0 Å². The van der Waals surface area contributed by atoms with Crippen molar-refractivity contribution >= 4 is 60.8 Å². The standard InChI is InChI=1S/C60H40N2O/c1-2-13-41(14-3-1)43-29-35-47(36-30-43)61(49-39-33-46(34-40-49)51-19-12-20-55-54-18-7-11-24-59(54)63-60(51)55)48-37-31-44(32-38-48)42-25-27-45(28-26-42)50-15-4-8-21-56(50)62-57-22-9-5-16-52(57)53-17-6-10-23-58(53)62/h1-40H. The van der Waals surface area contributed by atoms with Gasteiger partial charge in [-0.05, 0) is 94.0 Å². The lowest BCUT2D eigenvalue weighted by molar-refractivity contribution is 0.670. The van der Waals surface area contributed by atoms with Gasteiger partial charge in [0.2, 0.25) is 0 Å². The molecule has 0 aliphatic heterocycles. The summed E-state index contributed by atoms with van der Waals surface area (Å²) in [4.78, 5) is 2.33. The number of nitrogens with zero attached hydrogens (tertiary/aromatic N) is 2. The van der Waals surface area contributed by atoms with Gasteiger partial charge in [0.05, 0.1) is 16.7 Å². The van der Waals surface area contributed by atoms with E-state index in [4.69, 9.17) is 4.42 Å². The number of hydrogen-bond acceptors (Lipinski definition) is 2. The SMILES string of the molecule is c1ccc(-c2ccc(N(c3ccc(-c4ccc(-c5ccccc5-n5c6ccccc6c6ccccc65)cc4)cc3)c3ccc(-c4cccc5c4oc4ccccc45)cc3)cc2)cc1. The van der Waals surface area contributed by atoms with Crippen LogP contribution in [0.1, 0.15) is 0 Å². The molecule has 0 unspecified atom stereocenters. The summed E-state index contributed by atoms with van der Waals surface area (Å²) in [6.07, 6.45) is 0. The van der Waals surface area contributed by atoms with Crippen molar-refractivity contribution in [2.24, 2.45) is 0 Å². The predicted octanol–water partition coefficient (Wildman–Crippen LogP) is 16.8. The largest absolute Gasteiger partial charge is 0.455 e. The Bertz CT molecular complexity index is 3530. The molecule has 2 aromatic heterocycles. The third-order valence-electron chi connectivity index (χ3n) is 12.5. The summed E-state index contributed by atoms with van der Waals surface area (Å²) in [5, 5.41) is 4.79. The molecule has 0 radical (unpaired) electrons. The van der Waals surface area contributed by atoms with Gasteiger partial charge in [-0.25, -0.2) is 0 Å². The van der Waals surface area contributed by atoms with Crippen LogP contribution in [0.5, 0.6) is 0 Å². The van der Waals surface area contributed by atoms with Crippen LogP contribution < -0.4 is 4.90 Å². The third kappa shape index (κ3) is 6.38. The van der Waals surface area contributed by atoms with Gasteiger partial charge in [-0.1, -0.05) is 182 Å². The van der Waals surface area contributed by atoms with Crippen molar-refractivity contribution < 1.29 is 4.42 Å². The van der Waals surface area contributed by atoms with E-state index in [1.807, 2.05) is 12.1 Å². The van der Waals surface area contributed by atoms with Gasteiger partial charge in [0, 0.05) is 49.7 Å². The molecule has 2 heterocycles. The Morgan fingerprint density at radius 2 is 0.698 bits per heavy atom. The molecule has 0 saturated heterocycles. The number of para-hydroxylation sites is 5. The van der Waals surface area contributed by atoms with Gasteiger partial charge in [0.15, 0.2) is 0 Å². The van der Waals surface area contributed by atoms with Gasteiger partial charge in [-0.2, -0.15) is 0 Å². The van der Waals surface area contributed by atoms with Crippen LogP contribution in [0.2, 0.25) is 0 Å². The molecule has 12 aromatic rings. The molecular weight excluding hydrogens is 765 g/mol. The first-order chi connectivity index (χ1) is 31.2. The molecule has 0 aliphatic rings. The first kappa shape index (κ1) is 36.5. The summed E-state index contributed by atoms with van der Waals surface area (Å²) in [5.74, 6) is 0. The molecule has 0 spiro atoms. The molecule has 0 amide bonds. The Morgan fingerprint density at radius 1 is 0.286 bits per heavy atom. The maximum atomic E-state index is 6.42. The number of fused-ring (bicyclic) bond motifs is 6.